The van der Waals surface area contributed by atoms with Crippen LogP contribution in [0.4, 0.5) is 26.3 Å². The summed E-state index contributed by atoms with van der Waals surface area (Å²) in [6, 6.07) is 3.30. The number of benzene rings is 1. The van der Waals surface area contributed by atoms with Crippen LogP contribution in [0.3, 0.4) is 0 Å². The minimum atomic E-state index is -4.80. The third-order valence-corrected chi connectivity index (χ3v) is 3.61. The van der Waals surface area contributed by atoms with Gasteiger partial charge in [0.15, 0.2) is 0 Å². The lowest BCUT2D eigenvalue weighted by atomic mass is 9.99. The van der Waals surface area contributed by atoms with Gasteiger partial charge in [-0.3, -0.25) is 0 Å². The van der Waals surface area contributed by atoms with Gasteiger partial charge < -0.3 is 9.67 Å². The standard InChI is InChI=1S/C15H11F6NO2/c1-7-10(8-3-5-9(6-4-8)14(16,17)18)11(13(23)24)22(2)12(7)15(19,20)21/h3-6H,1-2H3,(H,23,24). The fourth-order valence-corrected chi connectivity index (χ4v) is 2.66. The summed E-state index contributed by atoms with van der Waals surface area (Å²) >= 11 is 0. The van der Waals surface area contributed by atoms with E-state index in [-0.39, 0.29) is 16.7 Å². The molecule has 0 bridgehead atoms. The van der Waals surface area contributed by atoms with E-state index in [0.29, 0.717) is 16.7 Å². The highest BCUT2D eigenvalue weighted by Gasteiger charge is 2.40. The van der Waals surface area contributed by atoms with Crippen molar-refractivity contribution in [2.24, 2.45) is 7.05 Å². The Morgan fingerprint density at radius 1 is 1.00 bits per heavy atom. The van der Waals surface area contributed by atoms with Crippen LogP contribution in [-0.4, -0.2) is 15.6 Å². The van der Waals surface area contributed by atoms with E-state index in [9.17, 15) is 36.2 Å². The second-order valence-corrected chi connectivity index (χ2v) is 5.13. The zero-order valence-electron chi connectivity index (χ0n) is 12.4. The predicted molar refractivity (Wildman–Crippen MR) is 72.5 cm³/mol. The Kier molecular flexibility index (Phi) is 4.15. The lowest BCUT2D eigenvalue weighted by molar-refractivity contribution is -0.143. The maximum atomic E-state index is 13.1. The van der Waals surface area contributed by atoms with Crippen molar-refractivity contribution in [2.45, 2.75) is 19.3 Å². The molecule has 1 aromatic carbocycles. The Morgan fingerprint density at radius 3 is 1.88 bits per heavy atom. The van der Waals surface area contributed by atoms with Gasteiger partial charge in [0.2, 0.25) is 0 Å². The monoisotopic (exact) mass is 351 g/mol. The van der Waals surface area contributed by atoms with Crippen LogP contribution in [-0.2, 0) is 19.4 Å². The van der Waals surface area contributed by atoms with Crippen LogP contribution in [0.5, 0.6) is 0 Å². The van der Waals surface area contributed by atoms with Crippen molar-refractivity contribution < 1.29 is 36.2 Å². The van der Waals surface area contributed by atoms with Gasteiger partial charge >= 0.3 is 18.3 Å². The molecule has 0 atom stereocenters. The van der Waals surface area contributed by atoms with Gasteiger partial charge in [0.1, 0.15) is 11.4 Å². The van der Waals surface area contributed by atoms with Gasteiger partial charge in [-0.05, 0) is 30.2 Å². The topological polar surface area (TPSA) is 42.2 Å². The fourth-order valence-electron chi connectivity index (χ4n) is 2.66. The summed E-state index contributed by atoms with van der Waals surface area (Å²) < 4.78 is 77.7. The second kappa shape index (κ2) is 5.57. The Hall–Kier alpha value is -2.45. The van der Waals surface area contributed by atoms with Crippen molar-refractivity contribution >= 4 is 5.97 Å². The maximum Gasteiger partial charge on any atom is 0.431 e. The van der Waals surface area contributed by atoms with Crippen LogP contribution in [0.25, 0.3) is 11.1 Å². The smallest absolute Gasteiger partial charge is 0.431 e. The molecule has 0 amide bonds. The largest absolute Gasteiger partial charge is 0.477 e. The van der Waals surface area contributed by atoms with Crippen LogP contribution in [0, 0.1) is 6.92 Å². The molecule has 0 saturated carbocycles. The van der Waals surface area contributed by atoms with Gasteiger partial charge in [0.25, 0.3) is 0 Å². The number of carbonyl (C=O) groups is 1. The maximum absolute atomic E-state index is 13.1. The molecule has 2 rings (SSSR count). The van der Waals surface area contributed by atoms with Gasteiger partial charge in [-0.25, -0.2) is 4.79 Å². The van der Waals surface area contributed by atoms with E-state index in [1.54, 1.807) is 0 Å². The molecule has 0 aliphatic carbocycles. The number of alkyl halides is 6. The number of carboxylic acids is 1. The van der Waals surface area contributed by atoms with Gasteiger partial charge in [0.05, 0.1) is 5.56 Å². The molecule has 24 heavy (non-hydrogen) atoms. The van der Waals surface area contributed by atoms with Crippen molar-refractivity contribution in [3.8, 4) is 11.1 Å². The van der Waals surface area contributed by atoms with E-state index in [0.717, 1.165) is 26.1 Å². The molecule has 0 unspecified atom stereocenters. The molecule has 2 aromatic rings. The molecule has 9 heteroatoms. The zero-order valence-corrected chi connectivity index (χ0v) is 12.4. The summed E-state index contributed by atoms with van der Waals surface area (Å²) in [4.78, 5) is 11.4. The molecule has 3 nitrogen and oxygen atoms in total. The minimum absolute atomic E-state index is 0.0380. The number of aromatic carboxylic acids is 1. The molecule has 0 aliphatic rings. The van der Waals surface area contributed by atoms with Crippen molar-refractivity contribution in [3.63, 3.8) is 0 Å². The molecule has 0 spiro atoms. The van der Waals surface area contributed by atoms with E-state index < -0.39 is 35.3 Å². The average molecular weight is 351 g/mol. The number of carboxylic acid groups (broad SMARTS) is 1. The lowest BCUT2D eigenvalue weighted by Crippen LogP contribution is -2.15. The van der Waals surface area contributed by atoms with Gasteiger partial charge in [-0.15, -0.1) is 0 Å². The van der Waals surface area contributed by atoms with Crippen LogP contribution in [0.2, 0.25) is 0 Å². The number of nitrogens with zero attached hydrogens (tertiary/aromatic N) is 1. The summed E-state index contributed by atoms with van der Waals surface area (Å²) in [5.41, 5.74) is -3.43. The van der Waals surface area contributed by atoms with E-state index in [1.807, 2.05) is 0 Å². The van der Waals surface area contributed by atoms with Crippen molar-refractivity contribution in [3.05, 3.63) is 46.8 Å². The quantitative estimate of drug-likeness (QED) is 0.795. The van der Waals surface area contributed by atoms with E-state index >= 15 is 0 Å². The van der Waals surface area contributed by atoms with Crippen LogP contribution < -0.4 is 0 Å². The molecule has 0 radical (unpaired) electrons. The molecule has 0 saturated heterocycles. The zero-order chi connectivity index (χ0) is 18.4. The number of aromatic nitrogens is 1. The Balaban J connectivity index is 2.73. The van der Waals surface area contributed by atoms with Gasteiger partial charge in [-0.2, -0.15) is 26.3 Å². The molecule has 0 fully saturated rings. The van der Waals surface area contributed by atoms with Crippen molar-refractivity contribution in [1.29, 1.82) is 0 Å². The highest BCUT2D eigenvalue weighted by Crippen LogP contribution is 2.41. The Labute approximate surface area is 132 Å². The first-order chi connectivity index (χ1) is 10.9. The van der Waals surface area contributed by atoms with Crippen molar-refractivity contribution in [1.82, 2.24) is 4.57 Å². The van der Waals surface area contributed by atoms with Gasteiger partial charge in [0, 0.05) is 12.6 Å². The summed E-state index contributed by atoms with van der Waals surface area (Å²) in [6.45, 7) is 1.09. The summed E-state index contributed by atoms with van der Waals surface area (Å²) in [7, 11) is 0.951. The predicted octanol–water partition coefficient (Wildman–Crippen LogP) is 4.74. The lowest BCUT2D eigenvalue weighted by Gasteiger charge is -2.09. The van der Waals surface area contributed by atoms with Crippen LogP contribution >= 0.6 is 0 Å². The van der Waals surface area contributed by atoms with E-state index in [4.69, 9.17) is 0 Å². The number of hydrogen-bond acceptors (Lipinski definition) is 1. The van der Waals surface area contributed by atoms with Crippen LogP contribution in [0.15, 0.2) is 24.3 Å². The summed E-state index contributed by atoms with van der Waals surface area (Å²) in [5.74, 6) is -1.61. The second-order valence-electron chi connectivity index (χ2n) is 5.13. The summed E-state index contributed by atoms with van der Waals surface area (Å²) in [6.07, 6.45) is -9.40. The van der Waals surface area contributed by atoms with E-state index in [2.05, 4.69) is 0 Å². The fraction of sp³-hybridized carbons (Fsp3) is 0.267. The van der Waals surface area contributed by atoms with E-state index in [1.165, 1.54) is 0 Å². The third-order valence-electron chi connectivity index (χ3n) is 3.61. The molecule has 1 heterocycles. The first kappa shape index (κ1) is 17.9. The third kappa shape index (κ3) is 2.98. The molecule has 130 valence electrons. The highest BCUT2D eigenvalue weighted by atomic mass is 19.4. The first-order valence-corrected chi connectivity index (χ1v) is 6.53. The number of hydrogen-bond donors (Lipinski definition) is 1. The molecule has 1 aromatic heterocycles. The molecular weight excluding hydrogens is 340 g/mol. The highest BCUT2D eigenvalue weighted by molar-refractivity contribution is 5.96. The Morgan fingerprint density at radius 2 is 1.50 bits per heavy atom. The first-order valence-electron chi connectivity index (χ1n) is 6.53. The van der Waals surface area contributed by atoms with Gasteiger partial charge in [-0.1, -0.05) is 12.1 Å². The van der Waals surface area contributed by atoms with Crippen molar-refractivity contribution in [2.75, 3.05) is 0 Å². The number of rotatable bonds is 2. The molecule has 1 N–H and O–H groups in total. The molecule has 0 aliphatic heterocycles. The Bertz CT molecular complexity index is 784. The summed E-state index contributed by atoms with van der Waals surface area (Å²) in [5, 5.41) is 9.23. The normalized spacial score (nSPS) is 12.5. The number of halogens is 6. The SMILES string of the molecule is Cc1c(-c2ccc(C(F)(F)F)cc2)c(C(=O)O)n(C)c1C(F)(F)F. The minimum Gasteiger partial charge on any atom is -0.477 e. The molecular formula is C15H11F6NO2. The van der Waals surface area contributed by atoms with Crippen LogP contribution in [0.1, 0.15) is 27.3 Å². The average Bonchev–Trinajstić information content (AvgIpc) is 2.68.